The molecular weight excluding hydrogens is 466 g/mol. The summed E-state index contributed by atoms with van der Waals surface area (Å²) in [6.07, 6.45) is 5.16. The maximum absolute atomic E-state index is 10.4. The van der Waals surface area contributed by atoms with Crippen LogP contribution in [0.5, 0.6) is 17.2 Å². The molecule has 0 saturated heterocycles. The Balaban J connectivity index is 1.77. The van der Waals surface area contributed by atoms with Crippen molar-refractivity contribution in [1.82, 2.24) is 9.47 Å². The quantitative estimate of drug-likeness (QED) is 0.241. The summed E-state index contributed by atoms with van der Waals surface area (Å²) >= 11 is 0. The molecule has 1 unspecified atom stereocenters. The molecule has 37 heavy (non-hydrogen) atoms. The van der Waals surface area contributed by atoms with Crippen LogP contribution in [-0.4, -0.2) is 55.1 Å². The van der Waals surface area contributed by atoms with Gasteiger partial charge < -0.3 is 28.9 Å². The highest BCUT2D eigenvalue weighted by Gasteiger charge is 2.36. The van der Waals surface area contributed by atoms with Crippen LogP contribution in [0.4, 0.5) is 0 Å². The van der Waals surface area contributed by atoms with Crippen molar-refractivity contribution in [3.63, 3.8) is 0 Å². The van der Waals surface area contributed by atoms with Crippen LogP contribution < -0.4 is 9.47 Å². The Labute approximate surface area is 216 Å². The smallest absolute Gasteiger partial charge is 0.212 e. The fourth-order valence-electron chi connectivity index (χ4n) is 4.83. The molecule has 5 rings (SSSR count). The van der Waals surface area contributed by atoms with Gasteiger partial charge in [0.1, 0.15) is 23.0 Å². The molecule has 7 heteroatoms. The van der Waals surface area contributed by atoms with Gasteiger partial charge in [0, 0.05) is 46.7 Å². The van der Waals surface area contributed by atoms with Gasteiger partial charge in [0.2, 0.25) is 6.10 Å². The Morgan fingerprint density at radius 2 is 1.81 bits per heavy atom. The number of aromatic nitrogens is 1. The number of nitrogens with zero attached hydrogens (tertiary/aromatic N) is 3. The lowest BCUT2D eigenvalue weighted by Gasteiger charge is -2.16. The first-order valence-electron chi connectivity index (χ1n) is 12.0. The van der Waals surface area contributed by atoms with E-state index in [0.29, 0.717) is 17.2 Å². The standard InChI is InChI=1S/C30H29N3O4/c1-6-25(19-10-8-7-9-11-19)37-31-29-27-23(17-21(35-4)18-26(27)36-5)30-28(29)22-16-20(34)12-13-24(22)33(30)15-14-32(2)3/h1,7-13,16-18,25,34H,14-15H2,2-5H3. The minimum Gasteiger partial charge on any atom is -0.508 e. The number of rotatable bonds is 8. The minimum atomic E-state index is -0.666. The third-order valence-corrected chi connectivity index (χ3v) is 6.58. The number of fused-ring (bicyclic) bond motifs is 5. The van der Waals surface area contributed by atoms with Crippen molar-refractivity contribution in [2.75, 3.05) is 34.9 Å². The number of ether oxygens (including phenoxy) is 2. The average Bonchev–Trinajstić information content (AvgIpc) is 3.40. The zero-order chi connectivity index (χ0) is 26.1. The number of aromatic hydroxyl groups is 1. The van der Waals surface area contributed by atoms with Crippen LogP contribution in [0.3, 0.4) is 0 Å². The lowest BCUT2D eigenvalue weighted by molar-refractivity contribution is 0.100. The summed E-state index contributed by atoms with van der Waals surface area (Å²) in [7, 11) is 7.34. The molecule has 3 aromatic carbocycles. The van der Waals surface area contributed by atoms with Gasteiger partial charge in [-0.2, -0.15) is 0 Å². The van der Waals surface area contributed by atoms with E-state index in [1.54, 1.807) is 26.4 Å². The number of phenolic OH excluding ortho intramolecular Hbond substituents is 1. The first-order valence-corrected chi connectivity index (χ1v) is 12.0. The van der Waals surface area contributed by atoms with Crippen molar-refractivity contribution in [1.29, 1.82) is 0 Å². The molecule has 1 heterocycles. The summed E-state index contributed by atoms with van der Waals surface area (Å²) in [5, 5.41) is 15.9. The molecule has 1 aliphatic rings. The third-order valence-electron chi connectivity index (χ3n) is 6.58. The van der Waals surface area contributed by atoms with Gasteiger partial charge in [-0.3, -0.25) is 0 Å². The number of hydrogen-bond acceptors (Lipinski definition) is 6. The summed E-state index contributed by atoms with van der Waals surface area (Å²) < 4.78 is 13.7. The number of terminal acetylenes is 1. The monoisotopic (exact) mass is 495 g/mol. The predicted molar refractivity (Wildman–Crippen MR) is 145 cm³/mol. The van der Waals surface area contributed by atoms with Crippen molar-refractivity contribution in [3.8, 4) is 40.8 Å². The Kier molecular flexibility index (Phi) is 6.51. The number of methoxy groups -OCH3 is 2. The third kappa shape index (κ3) is 4.26. The van der Waals surface area contributed by atoms with Gasteiger partial charge in [0.05, 0.1) is 25.5 Å². The van der Waals surface area contributed by atoms with Gasteiger partial charge >= 0.3 is 0 Å². The zero-order valence-electron chi connectivity index (χ0n) is 21.4. The second kappa shape index (κ2) is 9.92. The van der Waals surface area contributed by atoms with Gasteiger partial charge in [-0.1, -0.05) is 41.4 Å². The van der Waals surface area contributed by atoms with E-state index in [4.69, 9.17) is 20.7 Å². The molecule has 1 aromatic heterocycles. The molecule has 0 bridgehead atoms. The number of phenols is 1. The molecule has 7 nitrogen and oxygen atoms in total. The van der Waals surface area contributed by atoms with E-state index in [2.05, 4.69) is 20.5 Å². The minimum absolute atomic E-state index is 0.173. The maximum Gasteiger partial charge on any atom is 0.212 e. The van der Waals surface area contributed by atoms with E-state index in [1.165, 1.54) is 0 Å². The zero-order valence-corrected chi connectivity index (χ0v) is 21.4. The summed E-state index contributed by atoms with van der Waals surface area (Å²) in [5.41, 5.74) is 5.95. The van der Waals surface area contributed by atoms with E-state index in [-0.39, 0.29) is 5.75 Å². The number of hydrogen-bond donors (Lipinski definition) is 1. The van der Waals surface area contributed by atoms with Gasteiger partial charge in [0.15, 0.2) is 0 Å². The van der Waals surface area contributed by atoms with Crippen LogP contribution in [-0.2, 0) is 11.4 Å². The van der Waals surface area contributed by atoms with Crippen molar-refractivity contribution in [2.24, 2.45) is 5.16 Å². The molecule has 1 N–H and O–H groups in total. The van der Waals surface area contributed by atoms with Crippen LogP contribution >= 0.6 is 0 Å². The summed E-state index contributed by atoms with van der Waals surface area (Å²) in [6, 6.07) is 18.8. The average molecular weight is 496 g/mol. The summed E-state index contributed by atoms with van der Waals surface area (Å²) in [6.45, 7) is 1.55. The molecule has 188 valence electrons. The molecule has 0 aliphatic heterocycles. The molecule has 0 saturated carbocycles. The van der Waals surface area contributed by atoms with Crippen molar-refractivity contribution < 1.29 is 19.4 Å². The van der Waals surface area contributed by atoms with Crippen molar-refractivity contribution in [3.05, 3.63) is 77.4 Å². The second-order valence-corrected chi connectivity index (χ2v) is 9.13. The summed E-state index contributed by atoms with van der Waals surface area (Å²) in [4.78, 5) is 8.14. The Hall–Kier alpha value is -4.41. The Bertz CT molecular complexity index is 1530. The maximum atomic E-state index is 10.4. The SMILES string of the molecule is C#CC(ON=C1c2c(OC)cc(OC)cc2-c2c1c1cc(O)ccc1n2CCN(C)C)c1ccccc1. The highest BCUT2D eigenvalue weighted by Crippen LogP contribution is 2.48. The van der Waals surface area contributed by atoms with E-state index in [0.717, 1.165) is 51.9 Å². The first-order chi connectivity index (χ1) is 18.0. The number of likely N-dealkylation sites (N-methyl/N-ethyl adjacent to an activating group) is 1. The topological polar surface area (TPSA) is 68.5 Å². The Morgan fingerprint density at radius 3 is 2.49 bits per heavy atom. The normalized spacial score (nSPS) is 13.9. The van der Waals surface area contributed by atoms with Crippen LogP contribution in [0.15, 0.2) is 65.8 Å². The number of benzene rings is 3. The molecule has 0 amide bonds. The van der Waals surface area contributed by atoms with E-state index < -0.39 is 6.10 Å². The van der Waals surface area contributed by atoms with E-state index >= 15 is 0 Å². The van der Waals surface area contributed by atoms with Crippen LogP contribution in [0.2, 0.25) is 0 Å². The second-order valence-electron chi connectivity index (χ2n) is 9.13. The van der Waals surface area contributed by atoms with Crippen molar-refractivity contribution >= 4 is 16.6 Å². The molecule has 0 spiro atoms. The molecule has 0 fully saturated rings. The van der Waals surface area contributed by atoms with Crippen LogP contribution in [0.25, 0.3) is 22.2 Å². The lowest BCUT2D eigenvalue weighted by atomic mass is 10.0. The molecule has 0 radical (unpaired) electrons. The molecular formula is C30H29N3O4. The van der Waals surface area contributed by atoms with Gasteiger partial charge in [-0.15, -0.1) is 6.42 Å². The molecule has 1 aliphatic carbocycles. The van der Waals surface area contributed by atoms with Crippen LogP contribution in [0.1, 0.15) is 22.8 Å². The van der Waals surface area contributed by atoms with Crippen LogP contribution in [0, 0.1) is 12.3 Å². The van der Waals surface area contributed by atoms with Gasteiger partial charge in [-0.05, 0) is 38.4 Å². The molecule has 1 atom stereocenters. The Morgan fingerprint density at radius 1 is 1.03 bits per heavy atom. The highest BCUT2D eigenvalue weighted by molar-refractivity contribution is 6.31. The summed E-state index contributed by atoms with van der Waals surface area (Å²) in [5.74, 6) is 4.14. The number of oxime groups is 1. The fourth-order valence-corrected chi connectivity index (χ4v) is 4.83. The fraction of sp³-hybridized carbons (Fsp3) is 0.233. The molecule has 4 aromatic rings. The van der Waals surface area contributed by atoms with Crippen molar-refractivity contribution in [2.45, 2.75) is 12.6 Å². The van der Waals surface area contributed by atoms with E-state index in [9.17, 15) is 5.11 Å². The van der Waals surface area contributed by atoms with Gasteiger partial charge in [-0.25, -0.2) is 0 Å². The lowest BCUT2D eigenvalue weighted by Crippen LogP contribution is -2.18. The largest absolute Gasteiger partial charge is 0.508 e. The van der Waals surface area contributed by atoms with Gasteiger partial charge in [0.25, 0.3) is 0 Å². The highest BCUT2D eigenvalue weighted by atomic mass is 16.6. The first kappa shape index (κ1) is 24.3. The van der Waals surface area contributed by atoms with E-state index in [1.807, 2.05) is 62.6 Å². The predicted octanol–water partition coefficient (Wildman–Crippen LogP) is 5.05.